The van der Waals surface area contributed by atoms with E-state index in [9.17, 15) is 4.79 Å². The van der Waals surface area contributed by atoms with Crippen molar-refractivity contribution < 1.29 is 19.0 Å². The van der Waals surface area contributed by atoms with Gasteiger partial charge in [0.2, 0.25) is 0 Å². The smallest absolute Gasteiger partial charge is 0.182 e. The van der Waals surface area contributed by atoms with E-state index in [0.29, 0.717) is 30.3 Å². The first-order chi connectivity index (χ1) is 13.8. The number of methoxy groups -OCH3 is 1. The number of fused-ring (bicyclic) bond motifs is 1. The van der Waals surface area contributed by atoms with Gasteiger partial charge in [-0.25, -0.2) is 0 Å². The number of benzene rings is 2. The van der Waals surface area contributed by atoms with Gasteiger partial charge >= 0.3 is 0 Å². The third kappa shape index (κ3) is 4.72. The number of hydrogen-bond acceptors (Lipinski definition) is 6. The normalized spacial score (nSPS) is 15.0. The predicted octanol–water partition coefficient (Wildman–Crippen LogP) is 4.32. The van der Waals surface area contributed by atoms with E-state index in [1.54, 1.807) is 25.3 Å². The lowest BCUT2D eigenvalue weighted by atomic mass is 10.1. The number of nitrogens with zero attached hydrogens (tertiary/aromatic N) is 2. The first-order valence-electron chi connectivity index (χ1n) is 9.63. The summed E-state index contributed by atoms with van der Waals surface area (Å²) < 4.78 is 16.7. The number of rotatable bonds is 5. The maximum atomic E-state index is 13.1. The van der Waals surface area contributed by atoms with Crippen LogP contribution in [0.2, 0.25) is 0 Å². The van der Waals surface area contributed by atoms with Crippen LogP contribution in [0.5, 0.6) is 17.2 Å². The van der Waals surface area contributed by atoms with Crippen molar-refractivity contribution >= 4 is 34.3 Å². The summed E-state index contributed by atoms with van der Waals surface area (Å²) in [7, 11) is 1.64. The molecule has 0 aliphatic carbocycles. The largest absolute Gasteiger partial charge is 0.495 e. The minimum absolute atomic E-state index is 0. The molecule has 2 aromatic carbocycles. The Balaban J connectivity index is 0.00000240. The van der Waals surface area contributed by atoms with Crippen LogP contribution in [0, 0.1) is 0 Å². The van der Waals surface area contributed by atoms with Crippen LogP contribution in [0.4, 0.5) is 5.69 Å². The number of carbonyl (C=O) groups excluding carboxylic acids is 1. The van der Waals surface area contributed by atoms with Gasteiger partial charge in [-0.3, -0.25) is 9.79 Å². The van der Waals surface area contributed by atoms with Crippen molar-refractivity contribution in [3.63, 3.8) is 0 Å². The summed E-state index contributed by atoms with van der Waals surface area (Å²) in [6, 6.07) is 13.1. The lowest BCUT2D eigenvalue weighted by molar-refractivity contribution is 0.100. The molecule has 7 heteroatoms. The fourth-order valence-corrected chi connectivity index (χ4v) is 3.52. The second-order valence-electron chi connectivity index (χ2n) is 6.79. The minimum atomic E-state index is -0.00356. The van der Waals surface area contributed by atoms with Crippen molar-refractivity contribution in [1.29, 1.82) is 0 Å². The van der Waals surface area contributed by atoms with Gasteiger partial charge in [0.05, 0.1) is 19.3 Å². The molecule has 2 heterocycles. The summed E-state index contributed by atoms with van der Waals surface area (Å²) in [5.74, 6) is 2.96. The predicted molar refractivity (Wildman–Crippen MR) is 119 cm³/mol. The number of hydrogen-bond donors (Lipinski definition) is 0. The first kappa shape index (κ1) is 21.2. The summed E-state index contributed by atoms with van der Waals surface area (Å²) in [6.45, 7) is 2.01. The van der Waals surface area contributed by atoms with Gasteiger partial charge in [-0.05, 0) is 43.2 Å². The lowest BCUT2D eigenvalue weighted by Crippen LogP contribution is -2.37. The molecule has 6 nitrogen and oxygen atoms in total. The number of ether oxygens (including phenoxy) is 3. The zero-order valence-corrected chi connectivity index (χ0v) is 18.1. The molecule has 0 unspecified atom stereocenters. The molecule has 4 rings (SSSR count). The Kier molecular flexibility index (Phi) is 7.14. The van der Waals surface area contributed by atoms with Gasteiger partial charge in [0, 0.05) is 18.5 Å². The molecule has 0 bridgehead atoms. The van der Waals surface area contributed by atoms with Gasteiger partial charge in [0.15, 0.2) is 17.3 Å². The molecule has 0 saturated carbocycles. The van der Waals surface area contributed by atoms with Crippen LogP contribution >= 0.6 is 17.0 Å². The van der Waals surface area contributed by atoms with Gasteiger partial charge in [0.25, 0.3) is 0 Å². The molecule has 0 atom stereocenters. The summed E-state index contributed by atoms with van der Waals surface area (Å²) in [6.07, 6.45) is 3.01. The van der Waals surface area contributed by atoms with Crippen LogP contribution in [0.3, 0.4) is 0 Å². The van der Waals surface area contributed by atoms with Gasteiger partial charge in [-0.2, -0.15) is 0 Å². The SMILES string of the molecule is Br.COc1ccccc1N(CC(=O)c1ccc2c(c1)OCCO2)C1=NCCCC1. The number of anilines is 1. The molecule has 0 radical (unpaired) electrons. The van der Waals surface area contributed by atoms with E-state index in [1.807, 2.05) is 29.2 Å². The van der Waals surface area contributed by atoms with Crippen molar-refractivity contribution in [1.82, 2.24) is 0 Å². The van der Waals surface area contributed by atoms with Gasteiger partial charge in [0.1, 0.15) is 24.8 Å². The fraction of sp³-hybridized carbons (Fsp3) is 0.364. The fourth-order valence-electron chi connectivity index (χ4n) is 3.52. The summed E-state index contributed by atoms with van der Waals surface area (Å²) >= 11 is 0. The molecule has 2 aliphatic heterocycles. The number of carbonyl (C=O) groups is 1. The topological polar surface area (TPSA) is 60.4 Å². The standard InChI is InChI=1S/C22H24N2O4.BrH/c1-26-19-7-3-2-6-17(19)24(22-8-4-5-11-23-22)15-18(25)16-9-10-20-21(14-16)28-13-12-27-20;/h2-3,6-7,9-10,14H,4-5,8,11-13,15H2,1H3;1H. The van der Waals surface area contributed by atoms with Crippen molar-refractivity contribution in [3.8, 4) is 17.2 Å². The maximum absolute atomic E-state index is 13.1. The van der Waals surface area contributed by atoms with E-state index in [2.05, 4.69) is 4.99 Å². The van der Waals surface area contributed by atoms with Crippen molar-refractivity contribution in [2.75, 3.05) is 38.3 Å². The zero-order chi connectivity index (χ0) is 19.3. The molecule has 0 spiro atoms. The Labute approximate surface area is 181 Å². The van der Waals surface area contributed by atoms with Crippen LogP contribution in [0.1, 0.15) is 29.6 Å². The molecule has 0 amide bonds. The molecule has 0 saturated heterocycles. The number of halogens is 1. The summed E-state index contributed by atoms with van der Waals surface area (Å²) in [5.41, 5.74) is 1.46. The van der Waals surface area contributed by atoms with Crippen LogP contribution < -0.4 is 19.1 Å². The third-order valence-corrected chi connectivity index (χ3v) is 4.96. The van der Waals surface area contributed by atoms with Crippen molar-refractivity contribution in [2.45, 2.75) is 19.3 Å². The molecule has 2 aromatic rings. The van der Waals surface area contributed by atoms with Crippen LogP contribution in [-0.2, 0) is 0 Å². The summed E-state index contributed by atoms with van der Waals surface area (Å²) in [5, 5.41) is 0. The van der Waals surface area contributed by atoms with Gasteiger partial charge in [-0.1, -0.05) is 12.1 Å². The second kappa shape index (κ2) is 9.78. The summed E-state index contributed by atoms with van der Waals surface area (Å²) in [4.78, 5) is 19.8. The zero-order valence-electron chi connectivity index (χ0n) is 16.4. The molecule has 154 valence electrons. The number of Topliss-reactive ketones (excluding diaryl/α,β-unsaturated/α-hetero) is 1. The van der Waals surface area contributed by atoms with Crippen LogP contribution in [-0.4, -0.2) is 45.0 Å². The average molecular weight is 461 g/mol. The van der Waals surface area contributed by atoms with Crippen molar-refractivity contribution in [3.05, 3.63) is 48.0 Å². The van der Waals surface area contributed by atoms with E-state index in [0.717, 1.165) is 43.1 Å². The minimum Gasteiger partial charge on any atom is -0.495 e. The number of ketones is 1. The number of para-hydroxylation sites is 2. The number of aliphatic imine (C=N–C) groups is 1. The molecule has 0 N–H and O–H groups in total. The Morgan fingerprint density at radius 3 is 2.66 bits per heavy atom. The quantitative estimate of drug-likeness (QED) is 0.621. The van der Waals surface area contributed by atoms with Gasteiger partial charge < -0.3 is 19.1 Å². The van der Waals surface area contributed by atoms with E-state index in [-0.39, 0.29) is 29.3 Å². The second-order valence-corrected chi connectivity index (χ2v) is 6.79. The average Bonchev–Trinajstić information content (AvgIpc) is 2.77. The van der Waals surface area contributed by atoms with Gasteiger partial charge in [-0.15, -0.1) is 17.0 Å². The molecular weight excluding hydrogens is 436 g/mol. The molecule has 0 fully saturated rings. The highest BCUT2D eigenvalue weighted by molar-refractivity contribution is 8.93. The highest BCUT2D eigenvalue weighted by atomic mass is 79.9. The molecule has 2 aliphatic rings. The number of amidine groups is 1. The van der Waals surface area contributed by atoms with E-state index < -0.39 is 0 Å². The molecule has 0 aromatic heterocycles. The lowest BCUT2D eigenvalue weighted by Gasteiger charge is -2.29. The van der Waals surface area contributed by atoms with Crippen LogP contribution in [0.25, 0.3) is 0 Å². The molecule has 29 heavy (non-hydrogen) atoms. The Morgan fingerprint density at radius 2 is 1.90 bits per heavy atom. The monoisotopic (exact) mass is 460 g/mol. The Bertz CT molecular complexity index is 900. The van der Waals surface area contributed by atoms with E-state index in [1.165, 1.54) is 0 Å². The first-order valence-corrected chi connectivity index (χ1v) is 9.63. The third-order valence-electron chi connectivity index (χ3n) is 4.96. The van der Waals surface area contributed by atoms with Crippen LogP contribution in [0.15, 0.2) is 47.5 Å². The van der Waals surface area contributed by atoms with E-state index >= 15 is 0 Å². The van der Waals surface area contributed by atoms with E-state index in [4.69, 9.17) is 14.2 Å². The highest BCUT2D eigenvalue weighted by Gasteiger charge is 2.23. The molecular formula is C22H25BrN2O4. The Morgan fingerprint density at radius 1 is 1.10 bits per heavy atom. The highest BCUT2D eigenvalue weighted by Crippen LogP contribution is 2.32. The maximum Gasteiger partial charge on any atom is 0.182 e. The van der Waals surface area contributed by atoms with Crippen molar-refractivity contribution in [2.24, 2.45) is 4.99 Å². The Hall–Kier alpha value is -2.54.